The van der Waals surface area contributed by atoms with Gasteiger partial charge < -0.3 is 9.47 Å². The molecule has 2 rings (SSSR count). The van der Waals surface area contributed by atoms with Gasteiger partial charge in [-0.2, -0.15) is 0 Å². The lowest BCUT2D eigenvalue weighted by Crippen LogP contribution is -2.43. The number of anilines is 1. The van der Waals surface area contributed by atoms with Gasteiger partial charge in [-0.25, -0.2) is 4.79 Å². The Kier molecular flexibility index (Phi) is 4.18. The topological polar surface area (TPSA) is 55.8 Å². The van der Waals surface area contributed by atoms with Gasteiger partial charge in [0.25, 0.3) is 0 Å². The number of amides is 1. The molecule has 0 spiro atoms. The fourth-order valence-corrected chi connectivity index (χ4v) is 2.61. The van der Waals surface area contributed by atoms with Crippen LogP contribution in [0.5, 0.6) is 0 Å². The summed E-state index contributed by atoms with van der Waals surface area (Å²) in [5.74, 6) is -0.325. The molecule has 1 unspecified atom stereocenters. The molecule has 1 aliphatic rings. The first kappa shape index (κ1) is 16.3. The molecule has 5 nitrogen and oxygen atoms in total. The highest BCUT2D eigenvalue weighted by atomic mass is 16.6. The van der Waals surface area contributed by atoms with Gasteiger partial charge in [0.1, 0.15) is 11.0 Å². The zero-order chi connectivity index (χ0) is 16.5. The van der Waals surface area contributed by atoms with E-state index >= 15 is 0 Å². The van der Waals surface area contributed by atoms with E-state index in [1.54, 1.807) is 13.8 Å². The average Bonchev–Trinajstić information content (AvgIpc) is 2.73. The zero-order valence-electron chi connectivity index (χ0n) is 13.8. The lowest BCUT2D eigenvalue weighted by atomic mass is 9.84. The Labute approximate surface area is 131 Å². The summed E-state index contributed by atoms with van der Waals surface area (Å²) in [5.41, 5.74) is 0.0324. The van der Waals surface area contributed by atoms with Crippen LogP contribution in [0.1, 0.15) is 40.2 Å². The summed E-state index contributed by atoms with van der Waals surface area (Å²) in [5, 5.41) is 0. The van der Waals surface area contributed by atoms with Crippen molar-refractivity contribution < 1.29 is 19.1 Å². The molecule has 1 amide bonds. The van der Waals surface area contributed by atoms with Gasteiger partial charge in [-0.05, 0) is 46.2 Å². The summed E-state index contributed by atoms with van der Waals surface area (Å²) >= 11 is 0. The molecule has 1 atom stereocenters. The standard InChI is InChI=1S/C17H23NO4/c1-6-21-14(19)17(5)11-18(15(20)22-16(2,3)4)13-10-8-7-9-12(13)17/h7-10H,6,11H2,1-5H3. The summed E-state index contributed by atoms with van der Waals surface area (Å²) in [6.45, 7) is 9.55. The molecule has 5 heteroatoms. The van der Waals surface area contributed by atoms with E-state index in [2.05, 4.69) is 0 Å². The van der Waals surface area contributed by atoms with Crippen LogP contribution in [-0.2, 0) is 19.7 Å². The number of rotatable bonds is 2. The van der Waals surface area contributed by atoms with E-state index in [1.165, 1.54) is 4.90 Å². The third kappa shape index (κ3) is 2.93. The van der Waals surface area contributed by atoms with E-state index in [1.807, 2.05) is 45.0 Å². The normalized spacial score (nSPS) is 20.5. The highest BCUT2D eigenvalue weighted by Crippen LogP contribution is 2.42. The number of esters is 1. The minimum Gasteiger partial charge on any atom is -0.465 e. The van der Waals surface area contributed by atoms with Crippen LogP contribution in [0.25, 0.3) is 0 Å². The fourth-order valence-electron chi connectivity index (χ4n) is 2.61. The van der Waals surface area contributed by atoms with Crippen molar-refractivity contribution in [2.24, 2.45) is 0 Å². The Morgan fingerprint density at radius 1 is 1.27 bits per heavy atom. The van der Waals surface area contributed by atoms with E-state index < -0.39 is 17.1 Å². The van der Waals surface area contributed by atoms with Crippen LogP contribution >= 0.6 is 0 Å². The summed E-state index contributed by atoms with van der Waals surface area (Å²) in [4.78, 5) is 26.3. The smallest absolute Gasteiger partial charge is 0.414 e. The fraction of sp³-hybridized carbons (Fsp3) is 0.529. The molecule has 1 heterocycles. The second kappa shape index (κ2) is 5.63. The van der Waals surface area contributed by atoms with E-state index in [0.717, 1.165) is 5.56 Å². The first-order chi connectivity index (χ1) is 10.2. The van der Waals surface area contributed by atoms with Crippen molar-refractivity contribution in [2.75, 3.05) is 18.1 Å². The van der Waals surface area contributed by atoms with Crippen molar-refractivity contribution in [1.29, 1.82) is 0 Å². The van der Waals surface area contributed by atoms with Crippen LogP contribution in [0.15, 0.2) is 24.3 Å². The number of hydrogen-bond donors (Lipinski definition) is 0. The van der Waals surface area contributed by atoms with E-state index in [0.29, 0.717) is 12.3 Å². The maximum atomic E-state index is 12.4. The SMILES string of the molecule is CCOC(=O)C1(C)CN(C(=O)OC(C)(C)C)c2ccccc21. The Hall–Kier alpha value is -2.04. The molecule has 0 saturated heterocycles. The summed E-state index contributed by atoms with van der Waals surface area (Å²) in [6, 6.07) is 7.38. The second-order valence-electron chi connectivity index (χ2n) is 6.64. The highest BCUT2D eigenvalue weighted by molar-refractivity contribution is 5.98. The second-order valence-corrected chi connectivity index (χ2v) is 6.64. The van der Waals surface area contributed by atoms with Gasteiger partial charge in [0.2, 0.25) is 0 Å². The maximum absolute atomic E-state index is 12.4. The predicted octanol–water partition coefficient (Wildman–Crippen LogP) is 3.26. The number of fused-ring (bicyclic) bond motifs is 1. The number of carbonyl (C=O) groups excluding carboxylic acids is 2. The summed E-state index contributed by atoms with van der Waals surface area (Å²) < 4.78 is 10.6. The Morgan fingerprint density at radius 2 is 1.91 bits per heavy atom. The van der Waals surface area contributed by atoms with Crippen LogP contribution < -0.4 is 4.90 Å². The molecule has 0 fully saturated rings. The Bertz CT molecular complexity index is 591. The largest absolute Gasteiger partial charge is 0.465 e. The first-order valence-corrected chi connectivity index (χ1v) is 7.46. The maximum Gasteiger partial charge on any atom is 0.414 e. The highest BCUT2D eigenvalue weighted by Gasteiger charge is 2.48. The lowest BCUT2D eigenvalue weighted by molar-refractivity contribution is -0.148. The van der Waals surface area contributed by atoms with Gasteiger partial charge in [-0.1, -0.05) is 18.2 Å². The molecule has 0 N–H and O–H groups in total. The molecule has 0 aromatic heterocycles. The van der Waals surface area contributed by atoms with Crippen molar-refractivity contribution in [2.45, 2.75) is 45.6 Å². The van der Waals surface area contributed by atoms with Gasteiger partial charge in [0.05, 0.1) is 12.3 Å². The molecular formula is C17H23NO4. The van der Waals surface area contributed by atoms with Gasteiger partial charge in [-0.15, -0.1) is 0 Å². The van der Waals surface area contributed by atoms with Crippen molar-refractivity contribution >= 4 is 17.7 Å². The van der Waals surface area contributed by atoms with Crippen LogP contribution in [0, 0.1) is 0 Å². The van der Waals surface area contributed by atoms with Crippen LogP contribution in [-0.4, -0.2) is 30.8 Å². The number of hydrogen-bond acceptors (Lipinski definition) is 4. The summed E-state index contributed by atoms with van der Waals surface area (Å²) in [7, 11) is 0. The molecule has 22 heavy (non-hydrogen) atoms. The molecule has 0 bridgehead atoms. The predicted molar refractivity (Wildman–Crippen MR) is 84.0 cm³/mol. The molecule has 0 aliphatic carbocycles. The number of carbonyl (C=O) groups is 2. The number of para-hydroxylation sites is 1. The Morgan fingerprint density at radius 3 is 2.50 bits per heavy atom. The molecule has 1 aromatic rings. The van der Waals surface area contributed by atoms with E-state index in [9.17, 15) is 9.59 Å². The molecule has 0 radical (unpaired) electrons. The number of nitrogens with zero attached hydrogens (tertiary/aromatic N) is 1. The molecule has 1 aromatic carbocycles. The lowest BCUT2D eigenvalue weighted by Gasteiger charge is -2.26. The van der Waals surface area contributed by atoms with Crippen LogP contribution in [0.3, 0.4) is 0 Å². The van der Waals surface area contributed by atoms with Gasteiger partial charge >= 0.3 is 12.1 Å². The van der Waals surface area contributed by atoms with E-state index in [4.69, 9.17) is 9.47 Å². The molecule has 0 saturated carbocycles. The quantitative estimate of drug-likeness (QED) is 0.787. The van der Waals surface area contributed by atoms with Gasteiger partial charge in [0, 0.05) is 6.54 Å². The van der Waals surface area contributed by atoms with Crippen molar-refractivity contribution in [3.8, 4) is 0 Å². The van der Waals surface area contributed by atoms with Gasteiger partial charge in [-0.3, -0.25) is 9.69 Å². The number of ether oxygens (including phenoxy) is 2. The third-order valence-electron chi connectivity index (χ3n) is 3.60. The molecule has 120 valence electrons. The molecular weight excluding hydrogens is 282 g/mol. The Balaban J connectivity index is 2.37. The average molecular weight is 305 g/mol. The molecule has 1 aliphatic heterocycles. The monoisotopic (exact) mass is 305 g/mol. The number of benzene rings is 1. The minimum atomic E-state index is -0.872. The van der Waals surface area contributed by atoms with Crippen molar-refractivity contribution in [3.05, 3.63) is 29.8 Å². The van der Waals surface area contributed by atoms with Gasteiger partial charge in [0.15, 0.2) is 0 Å². The first-order valence-electron chi connectivity index (χ1n) is 7.46. The third-order valence-corrected chi connectivity index (χ3v) is 3.60. The van der Waals surface area contributed by atoms with Crippen molar-refractivity contribution in [1.82, 2.24) is 0 Å². The van der Waals surface area contributed by atoms with E-state index in [-0.39, 0.29) is 12.5 Å². The minimum absolute atomic E-state index is 0.222. The van der Waals surface area contributed by atoms with Crippen LogP contribution in [0.4, 0.5) is 10.5 Å². The summed E-state index contributed by atoms with van der Waals surface area (Å²) in [6.07, 6.45) is -0.451. The van der Waals surface area contributed by atoms with Crippen molar-refractivity contribution in [3.63, 3.8) is 0 Å². The van der Waals surface area contributed by atoms with Crippen LogP contribution in [0.2, 0.25) is 0 Å². The zero-order valence-corrected chi connectivity index (χ0v) is 13.8.